The van der Waals surface area contributed by atoms with Gasteiger partial charge in [-0.2, -0.15) is 5.10 Å². The minimum absolute atomic E-state index is 0. The summed E-state index contributed by atoms with van der Waals surface area (Å²) in [6.07, 6.45) is 2.78. The lowest BCUT2D eigenvalue weighted by molar-refractivity contribution is -0.120. The van der Waals surface area contributed by atoms with Crippen molar-refractivity contribution in [3.8, 4) is 0 Å². The zero-order valence-corrected chi connectivity index (χ0v) is 19.5. The number of aliphatic hydroxyl groups is 1. The molecule has 2 N–H and O–H groups in total. The first-order chi connectivity index (χ1) is 13.5. The van der Waals surface area contributed by atoms with E-state index in [0.29, 0.717) is 30.6 Å². The van der Waals surface area contributed by atoms with Gasteiger partial charge in [0.1, 0.15) is 6.54 Å². The molecular weight excluding hydrogens is 507 g/mol. The lowest BCUT2D eigenvalue weighted by Gasteiger charge is -2.35. The molecule has 1 atom stereocenters. The molecule has 0 saturated carbocycles. The third-order valence-corrected chi connectivity index (χ3v) is 4.78. The number of aliphatic hydroxyl groups excluding tert-OH is 1. The van der Waals surface area contributed by atoms with Crippen molar-refractivity contribution in [1.29, 1.82) is 0 Å². The van der Waals surface area contributed by atoms with E-state index in [2.05, 4.69) is 15.4 Å². The lowest BCUT2D eigenvalue weighted by atomic mass is 10.1. The number of hydrogen-bond acceptors (Lipinski definition) is 4. The van der Waals surface area contributed by atoms with Gasteiger partial charge < -0.3 is 20.2 Å². The van der Waals surface area contributed by atoms with E-state index in [1.54, 1.807) is 40.0 Å². The Morgan fingerprint density at radius 1 is 1.34 bits per heavy atom. The summed E-state index contributed by atoms with van der Waals surface area (Å²) in [4.78, 5) is 20.8. The quantitative estimate of drug-likeness (QED) is 0.350. The summed E-state index contributed by atoms with van der Waals surface area (Å²) in [5.41, 5.74) is 1.55. The number of rotatable bonds is 5. The number of amides is 1. The second-order valence-corrected chi connectivity index (χ2v) is 7.04. The van der Waals surface area contributed by atoms with Gasteiger partial charge in [0.25, 0.3) is 0 Å². The Kier molecular flexibility index (Phi) is 8.72. The van der Waals surface area contributed by atoms with Gasteiger partial charge in [0.2, 0.25) is 5.91 Å². The number of aryl methyl sites for hydroxylation is 1. The van der Waals surface area contributed by atoms with E-state index in [-0.39, 0.29) is 43.0 Å². The van der Waals surface area contributed by atoms with Gasteiger partial charge in [-0.3, -0.25) is 14.5 Å². The zero-order valence-electron chi connectivity index (χ0n) is 16.5. The highest BCUT2D eigenvalue weighted by Crippen LogP contribution is 2.18. The van der Waals surface area contributed by atoms with Gasteiger partial charge in [0.05, 0.1) is 24.5 Å². The molecule has 0 aliphatic carbocycles. The van der Waals surface area contributed by atoms with Crippen LogP contribution in [-0.2, 0) is 11.8 Å². The SMILES string of the molecule is CCNC(=NCC(O)c1ccc(Cl)cc1)N1CCN(c2cnn(C)c2)C(=O)C1.I. The van der Waals surface area contributed by atoms with Crippen molar-refractivity contribution >= 4 is 53.1 Å². The van der Waals surface area contributed by atoms with Crippen LogP contribution in [0.3, 0.4) is 0 Å². The molecule has 0 bridgehead atoms. The molecule has 1 aliphatic rings. The number of aliphatic imine (C=N–C) groups is 1. The van der Waals surface area contributed by atoms with Crippen molar-refractivity contribution < 1.29 is 9.90 Å². The summed E-state index contributed by atoms with van der Waals surface area (Å²) in [6, 6.07) is 7.05. The van der Waals surface area contributed by atoms with Crippen molar-refractivity contribution in [2.75, 3.05) is 37.6 Å². The van der Waals surface area contributed by atoms with E-state index in [1.807, 2.05) is 25.1 Å². The minimum Gasteiger partial charge on any atom is -0.386 e. The molecule has 1 fully saturated rings. The molecule has 0 radical (unpaired) electrons. The van der Waals surface area contributed by atoms with E-state index < -0.39 is 6.10 Å². The molecule has 1 aliphatic heterocycles. The third kappa shape index (κ3) is 6.06. The van der Waals surface area contributed by atoms with E-state index in [0.717, 1.165) is 11.3 Å². The Labute approximate surface area is 192 Å². The van der Waals surface area contributed by atoms with Crippen molar-refractivity contribution in [2.45, 2.75) is 13.0 Å². The van der Waals surface area contributed by atoms with Crippen LogP contribution >= 0.6 is 35.6 Å². The van der Waals surface area contributed by atoms with Crippen LogP contribution in [0.5, 0.6) is 0 Å². The second-order valence-electron chi connectivity index (χ2n) is 6.60. The van der Waals surface area contributed by atoms with Crippen LogP contribution in [0.15, 0.2) is 41.7 Å². The van der Waals surface area contributed by atoms with Gasteiger partial charge >= 0.3 is 0 Å². The summed E-state index contributed by atoms with van der Waals surface area (Å²) >= 11 is 5.89. The zero-order chi connectivity index (χ0) is 20.1. The monoisotopic (exact) mass is 532 g/mol. The number of carbonyl (C=O) groups excluding carboxylic acids is 1. The minimum atomic E-state index is -0.738. The molecular formula is C19H26ClIN6O2. The molecule has 1 aromatic carbocycles. The first kappa shape index (κ1) is 23.4. The van der Waals surface area contributed by atoms with Gasteiger partial charge in [-0.25, -0.2) is 0 Å². The van der Waals surface area contributed by atoms with Gasteiger partial charge in [0, 0.05) is 37.9 Å². The average molecular weight is 533 g/mol. The molecule has 29 heavy (non-hydrogen) atoms. The maximum absolute atomic E-state index is 12.6. The van der Waals surface area contributed by atoms with E-state index in [9.17, 15) is 9.90 Å². The van der Waals surface area contributed by atoms with E-state index in [4.69, 9.17) is 11.6 Å². The van der Waals surface area contributed by atoms with Gasteiger partial charge in [-0.15, -0.1) is 24.0 Å². The number of nitrogens with one attached hydrogen (secondary N) is 1. The number of nitrogens with zero attached hydrogens (tertiary/aromatic N) is 5. The molecule has 1 amide bonds. The van der Waals surface area contributed by atoms with Gasteiger partial charge in [-0.1, -0.05) is 23.7 Å². The summed E-state index contributed by atoms with van der Waals surface area (Å²) < 4.78 is 1.68. The first-order valence-corrected chi connectivity index (χ1v) is 9.61. The predicted molar refractivity (Wildman–Crippen MR) is 125 cm³/mol. The summed E-state index contributed by atoms with van der Waals surface area (Å²) in [7, 11) is 1.83. The van der Waals surface area contributed by atoms with Crippen LogP contribution in [0.2, 0.25) is 5.02 Å². The number of halogens is 2. The van der Waals surface area contributed by atoms with Crippen LogP contribution in [0, 0.1) is 0 Å². The average Bonchev–Trinajstić information content (AvgIpc) is 3.11. The standard InChI is InChI=1S/C19H25ClN6O2.HI/c1-3-21-19(22-11-17(27)14-4-6-15(20)7-5-14)25-8-9-26(18(28)13-25)16-10-23-24(2)12-16;/h4-7,10,12,17,27H,3,8-9,11,13H2,1-2H3,(H,21,22);1H. The second kappa shape index (κ2) is 10.8. The first-order valence-electron chi connectivity index (χ1n) is 9.23. The van der Waals surface area contributed by atoms with Crippen LogP contribution in [0.1, 0.15) is 18.6 Å². The Morgan fingerprint density at radius 2 is 2.07 bits per heavy atom. The predicted octanol–water partition coefficient (Wildman–Crippen LogP) is 2.04. The van der Waals surface area contributed by atoms with Crippen molar-refractivity contribution in [3.05, 3.63) is 47.2 Å². The number of guanidine groups is 1. The summed E-state index contributed by atoms with van der Waals surface area (Å²) in [5.74, 6) is 0.609. The number of anilines is 1. The molecule has 10 heteroatoms. The highest BCUT2D eigenvalue weighted by atomic mass is 127. The Balaban J connectivity index is 0.00000300. The van der Waals surface area contributed by atoms with Crippen LogP contribution in [0.4, 0.5) is 5.69 Å². The summed E-state index contributed by atoms with van der Waals surface area (Å²) in [6.45, 7) is 4.25. The molecule has 1 aromatic heterocycles. The van der Waals surface area contributed by atoms with Gasteiger partial charge in [0.15, 0.2) is 5.96 Å². The fraction of sp³-hybridized carbons (Fsp3) is 0.421. The van der Waals surface area contributed by atoms with Crippen LogP contribution in [0.25, 0.3) is 0 Å². The van der Waals surface area contributed by atoms with Crippen LogP contribution < -0.4 is 10.2 Å². The van der Waals surface area contributed by atoms with E-state index in [1.165, 1.54) is 0 Å². The highest BCUT2D eigenvalue weighted by Gasteiger charge is 2.27. The number of benzene rings is 1. The highest BCUT2D eigenvalue weighted by molar-refractivity contribution is 14.0. The molecule has 1 saturated heterocycles. The molecule has 158 valence electrons. The molecule has 3 rings (SSSR count). The Hall–Kier alpha value is -1.85. The fourth-order valence-corrected chi connectivity index (χ4v) is 3.19. The molecule has 2 aromatic rings. The maximum Gasteiger partial charge on any atom is 0.246 e. The summed E-state index contributed by atoms with van der Waals surface area (Å²) in [5, 5.41) is 18.3. The number of piperazine rings is 1. The smallest absolute Gasteiger partial charge is 0.246 e. The molecule has 0 spiro atoms. The maximum atomic E-state index is 12.6. The number of aromatic nitrogens is 2. The van der Waals surface area contributed by atoms with Gasteiger partial charge in [-0.05, 0) is 24.6 Å². The Bertz CT molecular complexity index is 841. The Morgan fingerprint density at radius 3 is 2.66 bits per heavy atom. The fourth-order valence-electron chi connectivity index (χ4n) is 3.06. The number of carbonyl (C=O) groups is 1. The molecule has 8 nitrogen and oxygen atoms in total. The third-order valence-electron chi connectivity index (χ3n) is 4.53. The van der Waals surface area contributed by atoms with Crippen molar-refractivity contribution in [2.24, 2.45) is 12.0 Å². The van der Waals surface area contributed by atoms with Crippen molar-refractivity contribution in [1.82, 2.24) is 20.0 Å². The topological polar surface area (TPSA) is 86.0 Å². The van der Waals surface area contributed by atoms with Crippen molar-refractivity contribution in [3.63, 3.8) is 0 Å². The number of hydrogen-bond donors (Lipinski definition) is 2. The molecule has 1 unspecified atom stereocenters. The largest absolute Gasteiger partial charge is 0.386 e. The lowest BCUT2D eigenvalue weighted by Crippen LogP contribution is -2.55. The normalized spacial score (nSPS) is 15.9. The van der Waals surface area contributed by atoms with E-state index >= 15 is 0 Å². The van der Waals surface area contributed by atoms with Crippen LogP contribution in [-0.4, -0.2) is 64.4 Å². The molecule has 2 heterocycles.